The first-order valence-corrected chi connectivity index (χ1v) is 5.36. The van der Waals surface area contributed by atoms with Gasteiger partial charge in [0.1, 0.15) is 0 Å². The maximum Gasteiger partial charge on any atom is 0.416 e. The van der Waals surface area contributed by atoms with E-state index in [4.69, 9.17) is 0 Å². The standard InChI is InChI=1S/C11H8F3N3O3/c12-11(13,14)7-2-8-6(1-5(7)3-15-4-18)9(19)17-10(20)16-8/h1-2,4H,3H2,(H,15,18)(H2,16,17,19,20). The van der Waals surface area contributed by atoms with Crippen LogP contribution < -0.4 is 16.6 Å². The highest BCUT2D eigenvalue weighted by Crippen LogP contribution is 2.33. The smallest absolute Gasteiger partial charge is 0.355 e. The van der Waals surface area contributed by atoms with Crippen molar-refractivity contribution in [2.24, 2.45) is 0 Å². The minimum Gasteiger partial charge on any atom is -0.355 e. The second kappa shape index (κ2) is 4.83. The summed E-state index contributed by atoms with van der Waals surface area (Å²) in [4.78, 5) is 36.9. The van der Waals surface area contributed by atoms with Crippen LogP contribution in [0.4, 0.5) is 13.2 Å². The Labute approximate surface area is 108 Å². The number of hydrogen-bond acceptors (Lipinski definition) is 3. The molecule has 2 aromatic rings. The highest BCUT2D eigenvalue weighted by molar-refractivity contribution is 5.79. The van der Waals surface area contributed by atoms with Crippen LogP contribution in [-0.2, 0) is 17.5 Å². The molecule has 0 saturated carbocycles. The number of H-pyrrole nitrogens is 2. The zero-order valence-corrected chi connectivity index (χ0v) is 9.80. The number of hydrogen-bond donors (Lipinski definition) is 3. The number of aromatic amines is 2. The number of nitrogens with one attached hydrogen (secondary N) is 3. The molecule has 0 bridgehead atoms. The Balaban J connectivity index is 2.78. The van der Waals surface area contributed by atoms with Gasteiger partial charge in [0.05, 0.1) is 16.5 Å². The second-order valence-corrected chi connectivity index (χ2v) is 3.96. The highest BCUT2D eigenvalue weighted by Gasteiger charge is 2.33. The lowest BCUT2D eigenvalue weighted by Gasteiger charge is -2.13. The first-order valence-electron chi connectivity index (χ1n) is 5.36. The Hall–Kier alpha value is -2.58. The molecule has 0 aliphatic rings. The van der Waals surface area contributed by atoms with E-state index in [0.717, 1.165) is 6.07 Å². The quantitative estimate of drug-likeness (QED) is 0.717. The summed E-state index contributed by atoms with van der Waals surface area (Å²) in [5, 5.41) is 2.01. The Morgan fingerprint density at radius 1 is 1.20 bits per heavy atom. The Morgan fingerprint density at radius 2 is 1.90 bits per heavy atom. The van der Waals surface area contributed by atoms with Crippen molar-refractivity contribution in [1.29, 1.82) is 0 Å². The van der Waals surface area contributed by atoms with E-state index in [1.807, 2.05) is 4.98 Å². The fourth-order valence-electron chi connectivity index (χ4n) is 1.82. The Morgan fingerprint density at radius 3 is 2.50 bits per heavy atom. The summed E-state index contributed by atoms with van der Waals surface area (Å²) in [5.74, 6) is 0. The number of benzene rings is 1. The van der Waals surface area contributed by atoms with Gasteiger partial charge in [0.2, 0.25) is 6.41 Å². The van der Waals surface area contributed by atoms with Crippen LogP contribution in [0.1, 0.15) is 11.1 Å². The topological polar surface area (TPSA) is 94.8 Å². The molecule has 0 aliphatic heterocycles. The summed E-state index contributed by atoms with van der Waals surface area (Å²) < 4.78 is 38.7. The van der Waals surface area contributed by atoms with Crippen LogP contribution in [0.15, 0.2) is 21.7 Å². The first-order chi connectivity index (χ1) is 9.32. The second-order valence-electron chi connectivity index (χ2n) is 3.96. The van der Waals surface area contributed by atoms with Gasteiger partial charge in [0.25, 0.3) is 5.56 Å². The average molecular weight is 287 g/mol. The van der Waals surface area contributed by atoms with Gasteiger partial charge in [-0.1, -0.05) is 0 Å². The molecule has 106 valence electrons. The number of alkyl halides is 3. The third kappa shape index (κ3) is 2.56. The molecule has 1 aromatic carbocycles. The molecular weight excluding hydrogens is 279 g/mol. The maximum absolute atomic E-state index is 12.9. The molecule has 0 fully saturated rings. The van der Waals surface area contributed by atoms with Crippen molar-refractivity contribution in [3.05, 3.63) is 44.1 Å². The summed E-state index contributed by atoms with van der Waals surface area (Å²) in [5.41, 5.74) is -3.21. The van der Waals surface area contributed by atoms with Crippen molar-refractivity contribution >= 4 is 17.3 Å². The van der Waals surface area contributed by atoms with Crippen LogP contribution in [0.25, 0.3) is 10.9 Å². The summed E-state index contributed by atoms with van der Waals surface area (Å²) in [7, 11) is 0. The van der Waals surface area contributed by atoms with Crippen LogP contribution >= 0.6 is 0 Å². The predicted octanol–water partition coefficient (Wildman–Crippen LogP) is 0.481. The monoisotopic (exact) mass is 287 g/mol. The van der Waals surface area contributed by atoms with Crippen molar-refractivity contribution in [1.82, 2.24) is 15.3 Å². The zero-order valence-electron chi connectivity index (χ0n) is 9.80. The highest BCUT2D eigenvalue weighted by atomic mass is 19.4. The molecule has 1 aromatic heterocycles. The van der Waals surface area contributed by atoms with Gasteiger partial charge in [-0.3, -0.25) is 14.6 Å². The Kier molecular flexibility index (Phi) is 3.35. The van der Waals surface area contributed by atoms with Crippen molar-refractivity contribution in [3.63, 3.8) is 0 Å². The van der Waals surface area contributed by atoms with Crippen LogP contribution in [-0.4, -0.2) is 16.4 Å². The number of carbonyl (C=O) groups is 1. The number of halogens is 3. The molecule has 6 nitrogen and oxygen atoms in total. The van der Waals surface area contributed by atoms with E-state index in [1.165, 1.54) is 0 Å². The maximum atomic E-state index is 12.9. The van der Waals surface area contributed by atoms with Gasteiger partial charge in [0, 0.05) is 6.54 Å². The number of amides is 1. The van der Waals surface area contributed by atoms with E-state index < -0.39 is 23.0 Å². The molecule has 0 spiro atoms. The fraction of sp³-hybridized carbons (Fsp3) is 0.182. The minimum atomic E-state index is -4.67. The lowest BCUT2D eigenvalue weighted by molar-refractivity contribution is -0.138. The largest absolute Gasteiger partial charge is 0.416 e. The molecule has 9 heteroatoms. The Bertz CT molecular complexity index is 776. The number of rotatable bonds is 3. The van der Waals surface area contributed by atoms with Gasteiger partial charge in [-0.2, -0.15) is 13.2 Å². The van der Waals surface area contributed by atoms with Gasteiger partial charge >= 0.3 is 11.9 Å². The van der Waals surface area contributed by atoms with E-state index in [9.17, 15) is 27.6 Å². The molecule has 1 heterocycles. The van der Waals surface area contributed by atoms with Crippen LogP contribution in [0.5, 0.6) is 0 Å². The zero-order chi connectivity index (χ0) is 14.9. The molecule has 0 atom stereocenters. The van der Waals surface area contributed by atoms with E-state index in [0.29, 0.717) is 6.07 Å². The molecule has 2 rings (SSSR count). The summed E-state index contributed by atoms with van der Waals surface area (Å²) in [6.07, 6.45) is -4.42. The van der Waals surface area contributed by atoms with E-state index in [-0.39, 0.29) is 29.4 Å². The van der Waals surface area contributed by atoms with Crippen molar-refractivity contribution in [2.75, 3.05) is 0 Å². The van der Waals surface area contributed by atoms with E-state index >= 15 is 0 Å². The molecule has 1 amide bonds. The van der Waals surface area contributed by atoms with Gasteiger partial charge in [-0.15, -0.1) is 0 Å². The summed E-state index contributed by atoms with van der Waals surface area (Å²) >= 11 is 0. The van der Waals surface area contributed by atoms with E-state index in [2.05, 4.69) is 10.3 Å². The first kappa shape index (κ1) is 13.8. The van der Waals surface area contributed by atoms with Crippen molar-refractivity contribution in [2.45, 2.75) is 12.7 Å². The van der Waals surface area contributed by atoms with Crippen molar-refractivity contribution < 1.29 is 18.0 Å². The molecule has 0 saturated heterocycles. The number of carbonyl (C=O) groups excluding carboxylic acids is 1. The summed E-state index contributed by atoms with van der Waals surface area (Å²) in [6, 6.07) is 1.66. The normalized spacial score (nSPS) is 11.6. The van der Waals surface area contributed by atoms with Gasteiger partial charge in [0.15, 0.2) is 0 Å². The van der Waals surface area contributed by atoms with Crippen LogP contribution in [0.3, 0.4) is 0 Å². The van der Waals surface area contributed by atoms with Gasteiger partial charge in [-0.05, 0) is 17.7 Å². The SMILES string of the molecule is O=CNCc1cc2c(=O)[nH]c(=O)[nH]c2cc1C(F)(F)F. The molecule has 0 aliphatic carbocycles. The lowest BCUT2D eigenvalue weighted by Crippen LogP contribution is -2.23. The van der Waals surface area contributed by atoms with Crippen LogP contribution in [0, 0.1) is 0 Å². The van der Waals surface area contributed by atoms with Crippen molar-refractivity contribution in [3.8, 4) is 0 Å². The predicted molar refractivity (Wildman–Crippen MR) is 63.1 cm³/mol. The molecule has 3 N–H and O–H groups in total. The lowest BCUT2D eigenvalue weighted by atomic mass is 10.0. The fourth-order valence-corrected chi connectivity index (χ4v) is 1.82. The average Bonchev–Trinajstić information content (AvgIpc) is 2.34. The van der Waals surface area contributed by atoms with E-state index in [1.54, 1.807) is 0 Å². The minimum absolute atomic E-state index is 0.0969. The molecule has 0 radical (unpaired) electrons. The number of aromatic nitrogens is 2. The molecule has 0 unspecified atom stereocenters. The molecular formula is C11H8F3N3O3. The third-order valence-electron chi connectivity index (χ3n) is 2.64. The molecule has 20 heavy (non-hydrogen) atoms. The summed E-state index contributed by atoms with van der Waals surface area (Å²) in [6.45, 7) is -0.382. The third-order valence-corrected chi connectivity index (χ3v) is 2.64. The van der Waals surface area contributed by atoms with Crippen LogP contribution in [0.2, 0.25) is 0 Å². The van der Waals surface area contributed by atoms with Gasteiger partial charge in [-0.25, -0.2) is 4.79 Å². The number of fused-ring (bicyclic) bond motifs is 1. The van der Waals surface area contributed by atoms with Gasteiger partial charge < -0.3 is 10.3 Å².